The lowest BCUT2D eigenvalue weighted by molar-refractivity contribution is 0.136. The van der Waals surface area contributed by atoms with Crippen molar-refractivity contribution in [2.45, 2.75) is 25.0 Å². The minimum Gasteiger partial charge on any atom is -0.305 e. The van der Waals surface area contributed by atoms with Gasteiger partial charge >= 0.3 is 0 Å². The molecule has 1 rings (SSSR count). The monoisotopic (exact) mass is 240 g/mol. The first-order valence-electron chi connectivity index (χ1n) is 5.45. The van der Waals surface area contributed by atoms with Crippen molar-refractivity contribution in [3.63, 3.8) is 0 Å². The van der Waals surface area contributed by atoms with Crippen LogP contribution < -0.4 is 10.6 Å². The predicted molar refractivity (Wildman–Crippen MR) is 69.8 cm³/mol. The van der Waals surface area contributed by atoms with Crippen LogP contribution in [0.5, 0.6) is 0 Å². The van der Waals surface area contributed by atoms with Gasteiger partial charge in [-0.1, -0.05) is 42.3 Å². The van der Waals surface area contributed by atoms with E-state index in [0.717, 1.165) is 13.0 Å². The highest BCUT2D eigenvalue weighted by Crippen LogP contribution is 2.32. The Morgan fingerprint density at radius 2 is 2.00 bits per heavy atom. The highest BCUT2D eigenvalue weighted by molar-refractivity contribution is 7.98. The Kier molecular flexibility index (Phi) is 5.84. The molecule has 90 valence electrons. The molecule has 0 saturated heterocycles. The molecule has 0 radical (unpaired) electrons. The number of rotatable bonds is 7. The molecule has 0 aliphatic heterocycles. The zero-order valence-electron chi connectivity index (χ0n) is 9.90. The van der Waals surface area contributed by atoms with E-state index in [4.69, 9.17) is 5.90 Å². The molecule has 0 fully saturated rings. The van der Waals surface area contributed by atoms with Crippen LogP contribution in [0.2, 0.25) is 0 Å². The van der Waals surface area contributed by atoms with Gasteiger partial charge in [0.25, 0.3) is 0 Å². The van der Waals surface area contributed by atoms with Crippen molar-refractivity contribution in [2.75, 3.05) is 13.2 Å². The van der Waals surface area contributed by atoms with Crippen molar-refractivity contribution in [1.82, 2.24) is 4.72 Å². The molecular weight excluding hydrogens is 220 g/mol. The molecule has 0 spiro atoms. The van der Waals surface area contributed by atoms with Crippen LogP contribution in [0.25, 0.3) is 0 Å². The summed E-state index contributed by atoms with van der Waals surface area (Å²) >= 11 is 1.74. The highest BCUT2D eigenvalue weighted by atomic mass is 32.2. The van der Waals surface area contributed by atoms with Crippen molar-refractivity contribution in [2.24, 2.45) is 5.90 Å². The molecule has 0 aromatic heterocycles. The molecule has 0 aliphatic carbocycles. The van der Waals surface area contributed by atoms with Crippen LogP contribution in [0, 0.1) is 0 Å². The lowest BCUT2D eigenvalue weighted by atomic mass is 10.0. The first-order chi connectivity index (χ1) is 7.67. The second-order valence-corrected chi connectivity index (χ2v) is 5.61. The number of nitrogens with one attached hydrogen (secondary N) is 1. The molecule has 0 amide bonds. The molecule has 4 heteroatoms. The van der Waals surface area contributed by atoms with E-state index >= 15 is 0 Å². The molecule has 0 saturated carbocycles. The van der Waals surface area contributed by atoms with Crippen molar-refractivity contribution in [1.29, 1.82) is 0 Å². The third-order valence-corrected chi connectivity index (χ3v) is 3.43. The molecule has 0 aliphatic rings. The summed E-state index contributed by atoms with van der Waals surface area (Å²) in [6.45, 7) is 5.91. The third-order valence-electron chi connectivity index (χ3n) is 2.34. The summed E-state index contributed by atoms with van der Waals surface area (Å²) in [5.41, 5.74) is 1.32. The van der Waals surface area contributed by atoms with Crippen LogP contribution in [0.1, 0.15) is 25.8 Å². The maximum Gasteiger partial charge on any atom is 0.0691 e. The topological polar surface area (TPSA) is 47.3 Å². The minimum absolute atomic E-state index is 0.0742. The quantitative estimate of drug-likeness (QED) is 0.436. The highest BCUT2D eigenvalue weighted by Gasteiger charge is 2.20. The van der Waals surface area contributed by atoms with Crippen molar-refractivity contribution in [3.8, 4) is 0 Å². The fraction of sp³-hybridized carbons (Fsp3) is 0.500. The van der Waals surface area contributed by atoms with E-state index in [-0.39, 0.29) is 4.75 Å². The van der Waals surface area contributed by atoms with E-state index in [1.807, 2.05) is 6.07 Å². The van der Waals surface area contributed by atoms with Gasteiger partial charge in [-0.15, -0.1) is 0 Å². The summed E-state index contributed by atoms with van der Waals surface area (Å²) in [5.74, 6) is 4.95. The molecule has 3 nitrogen and oxygen atoms in total. The van der Waals surface area contributed by atoms with Gasteiger partial charge in [-0.05, 0) is 25.8 Å². The second kappa shape index (κ2) is 6.91. The molecule has 1 aromatic carbocycles. The lowest BCUT2D eigenvalue weighted by Gasteiger charge is -2.24. The van der Waals surface area contributed by atoms with Crippen LogP contribution in [-0.2, 0) is 9.58 Å². The first kappa shape index (κ1) is 13.5. The van der Waals surface area contributed by atoms with E-state index in [2.05, 4.69) is 47.7 Å². The maximum absolute atomic E-state index is 4.95. The van der Waals surface area contributed by atoms with Gasteiger partial charge in [0, 0.05) is 11.3 Å². The van der Waals surface area contributed by atoms with E-state index in [0.29, 0.717) is 6.61 Å². The Morgan fingerprint density at radius 3 is 2.62 bits per heavy atom. The SMILES string of the molecule is CC(C)(SNCCCON)c1ccccc1. The van der Waals surface area contributed by atoms with E-state index in [1.165, 1.54) is 5.56 Å². The van der Waals surface area contributed by atoms with Crippen molar-refractivity contribution < 1.29 is 4.84 Å². The Labute approximate surface area is 102 Å². The summed E-state index contributed by atoms with van der Waals surface area (Å²) in [7, 11) is 0. The van der Waals surface area contributed by atoms with Crippen LogP contribution >= 0.6 is 11.9 Å². The van der Waals surface area contributed by atoms with Gasteiger partial charge in [0.1, 0.15) is 0 Å². The van der Waals surface area contributed by atoms with Gasteiger partial charge in [-0.2, -0.15) is 0 Å². The van der Waals surface area contributed by atoms with E-state index in [1.54, 1.807) is 11.9 Å². The average molecular weight is 240 g/mol. The standard InChI is InChI=1S/C12H20N2OS/c1-12(2,11-7-4-3-5-8-11)16-14-9-6-10-15-13/h3-5,7-8,14H,6,9-10,13H2,1-2H3. The Bertz CT molecular complexity index is 290. The lowest BCUT2D eigenvalue weighted by Crippen LogP contribution is -2.20. The number of nitrogens with two attached hydrogens (primary N) is 1. The summed E-state index contributed by atoms with van der Waals surface area (Å²) in [5, 5.41) is 0. The van der Waals surface area contributed by atoms with Gasteiger partial charge in [-0.25, -0.2) is 5.90 Å². The summed E-state index contributed by atoms with van der Waals surface area (Å²) in [6.07, 6.45) is 0.925. The van der Waals surface area contributed by atoms with Crippen LogP contribution in [0.3, 0.4) is 0 Å². The van der Waals surface area contributed by atoms with Gasteiger partial charge in [-0.3, -0.25) is 4.72 Å². The summed E-state index contributed by atoms with van der Waals surface area (Å²) in [6, 6.07) is 10.5. The molecule has 16 heavy (non-hydrogen) atoms. The van der Waals surface area contributed by atoms with Crippen molar-refractivity contribution >= 4 is 11.9 Å². The molecule has 0 heterocycles. The van der Waals surface area contributed by atoms with E-state index < -0.39 is 0 Å². The van der Waals surface area contributed by atoms with E-state index in [9.17, 15) is 0 Å². The Morgan fingerprint density at radius 1 is 1.31 bits per heavy atom. The maximum atomic E-state index is 4.95. The van der Waals surface area contributed by atoms with Gasteiger partial charge in [0.2, 0.25) is 0 Å². The molecular formula is C12H20N2OS. The average Bonchev–Trinajstić information content (AvgIpc) is 2.30. The molecule has 0 atom stereocenters. The number of benzene rings is 1. The number of hydrogen-bond donors (Lipinski definition) is 2. The number of hydrogen-bond acceptors (Lipinski definition) is 4. The van der Waals surface area contributed by atoms with Crippen LogP contribution in [-0.4, -0.2) is 13.2 Å². The smallest absolute Gasteiger partial charge is 0.0691 e. The van der Waals surface area contributed by atoms with Gasteiger partial charge in [0.05, 0.1) is 6.61 Å². The Hall–Kier alpha value is -0.550. The van der Waals surface area contributed by atoms with Gasteiger partial charge < -0.3 is 4.84 Å². The summed E-state index contributed by atoms with van der Waals surface area (Å²) in [4.78, 5) is 4.51. The normalized spacial score (nSPS) is 11.7. The molecule has 0 unspecified atom stereocenters. The Balaban J connectivity index is 2.35. The fourth-order valence-corrected chi connectivity index (χ4v) is 2.22. The zero-order valence-corrected chi connectivity index (χ0v) is 10.7. The van der Waals surface area contributed by atoms with Gasteiger partial charge in [0.15, 0.2) is 0 Å². The second-order valence-electron chi connectivity index (χ2n) is 4.10. The molecule has 0 bridgehead atoms. The predicted octanol–water partition coefficient (Wildman–Crippen LogP) is 2.44. The zero-order chi connectivity index (χ0) is 11.9. The largest absolute Gasteiger partial charge is 0.305 e. The molecule has 3 N–H and O–H groups in total. The van der Waals surface area contributed by atoms with Crippen molar-refractivity contribution in [3.05, 3.63) is 35.9 Å². The molecule has 1 aromatic rings. The van der Waals surface area contributed by atoms with Crippen LogP contribution in [0.15, 0.2) is 30.3 Å². The first-order valence-corrected chi connectivity index (χ1v) is 6.26. The van der Waals surface area contributed by atoms with Crippen LogP contribution in [0.4, 0.5) is 0 Å². The minimum atomic E-state index is 0.0742. The third kappa shape index (κ3) is 4.53. The summed E-state index contributed by atoms with van der Waals surface area (Å²) < 4.78 is 3.41. The fourth-order valence-electron chi connectivity index (χ4n) is 1.36.